The third-order valence-electron chi connectivity index (χ3n) is 4.36. The van der Waals surface area contributed by atoms with E-state index in [9.17, 15) is 9.18 Å². The van der Waals surface area contributed by atoms with E-state index in [1.54, 1.807) is 0 Å². The van der Waals surface area contributed by atoms with E-state index in [1.807, 2.05) is 0 Å². The highest BCUT2D eigenvalue weighted by Crippen LogP contribution is 2.25. The monoisotopic (exact) mass is 347 g/mol. The van der Waals surface area contributed by atoms with E-state index >= 15 is 0 Å². The van der Waals surface area contributed by atoms with Gasteiger partial charge in [-0.25, -0.2) is 14.2 Å². The largest absolute Gasteiger partial charge is 0.398 e. The molecule has 1 fully saturated rings. The summed E-state index contributed by atoms with van der Waals surface area (Å²) >= 11 is 0. The van der Waals surface area contributed by atoms with Crippen LogP contribution in [-0.4, -0.2) is 23.3 Å². The first-order valence-electron chi connectivity index (χ1n) is 8.18. The molecule has 3 rings (SSSR count). The molecule has 5 N–H and O–H groups in total. The third-order valence-corrected chi connectivity index (χ3v) is 4.36. The lowest BCUT2D eigenvalue weighted by Crippen LogP contribution is -2.35. The molecule has 7 heteroatoms. The van der Waals surface area contributed by atoms with E-state index in [-0.39, 0.29) is 21.8 Å². The Morgan fingerprint density at radius 3 is 2.68 bits per heavy atom. The number of carbonyl (C=O) groups excluding carboxylic acids is 1. The molecule has 0 unspecified atom stereocenters. The van der Waals surface area contributed by atoms with Gasteiger partial charge in [0.25, 0.3) is 0 Å². The molecule has 0 spiro atoms. The Bertz CT molecular complexity index is 800. The SMILES string of the molecule is N=C(c1ccc(F)cc1)c1cnc(NC(=O)NCC2CCC2)cc1N.[HH].[HH].[HH]. The van der Waals surface area contributed by atoms with Gasteiger partial charge in [-0.1, -0.05) is 6.42 Å². The predicted octanol–water partition coefficient (Wildman–Crippen LogP) is 3.88. The van der Waals surface area contributed by atoms with Crippen molar-refractivity contribution >= 4 is 23.2 Å². The van der Waals surface area contributed by atoms with Crippen molar-refractivity contribution in [1.82, 2.24) is 10.3 Å². The summed E-state index contributed by atoms with van der Waals surface area (Å²) in [5, 5.41) is 13.6. The van der Waals surface area contributed by atoms with Crippen molar-refractivity contribution in [2.45, 2.75) is 19.3 Å². The zero-order chi connectivity index (χ0) is 17.8. The van der Waals surface area contributed by atoms with Crippen molar-refractivity contribution in [2.24, 2.45) is 5.92 Å². The van der Waals surface area contributed by atoms with Gasteiger partial charge in [-0.15, -0.1) is 0 Å². The summed E-state index contributed by atoms with van der Waals surface area (Å²) in [5.41, 5.74) is 7.41. The smallest absolute Gasteiger partial charge is 0.320 e. The van der Waals surface area contributed by atoms with E-state index < -0.39 is 0 Å². The molecular weight excluding hydrogens is 321 g/mol. The number of urea groups is 1. The molecule has 0 saturated heterocycles. The number of rotatable bonds is 5. The van der Waals surface area contributed by atoms with Gasteiger partial charge < -0.3 is 11.1 Å². The molecule has 1 saturated carbocycles. The molecule has 2 aromatic rings. The van der Waals surface area contributed by atoms with Crippen LogP contribution in [0.5, 0.6) is 0 Å². The van der Waals surface area contributed by atoms with Crippen molar-refractivity contribution in [2.75, 3.05) is 17.6 Å². The van der Waals surface area contributed by atoms with E-state index in [0.29, 0.717) is 35.1 Å². The second-order valence-electron chi connectivity index (χ2n) is 6.17. The molecule has 1 aromatic heterocycles. The number of nitrogen functional groups attached to an aromatic ring is 1. The summed E-state index contributed by atoms with van der Waals surface area (Å²) in [7, 11) is 0. The quantitative estimate of drug-likeness (QED) is 0.617. The average Bonchev–Trinajstić information content (AvgIpc) is 2.53. The Labute approximate surface area is 149 Å². The standard InChI is InChI=1S/C18H20FN5O.3H2/c19-13-6-4-12(5-7-13)17(21)14-10-22-16(8-15(14)20)24-18(25)23-9-11-2-1-3-11;;;/h4-8,10-11,21H,1-3,9H2,(H4,20,22,23,24,25);3*1H. The zero-order valence-electron chi connectivity index (χ0n) is 13.7. The van der Waals surface area contributed by atoms with Gasteiger partial charge in [0.2, 0.25) is 0 Å². The lowest BCUT2D eigenvalue weighted by molar-refractivity contribution is 0.243. The number of hydrogen-bond donors (Lipinski definition) is 4. The molecule has 1 aromatic carbocycles. The van der Waals surface area contributed by atoms with Crippen LogP contribution in [0.15, 0.2) is 36.5 Å². The second kappa shape index (κ2) is 7.29. The van der Waals surface area contributed by atoms with Crippen LogP contribution in [-0.2, 0) is 0 Å². The second-order valence-corrected chi connectivity index (χ2v) is 6.17. The normalized spacial score (nSPS) is 13.8. The number of anilines is 2. The molecule has 0 atom stereocenters. The summed E-state index contributed by atoms with van der Waals surface area (Å²) in [6.07, 6.45) is 4.98. The van der Waals surface area contributed by atoms with Gasteiger partial charge in [-0.05, 0) is 43.0 Å². The first kappa shape index (κ1) is 16.9. The predicted molar refractivity (Wildman–Crippen MR) is 102 cm³/mol. The van der Waals surface area contributed by atoms with Crippen LogP contribution in [0.1, 0.15) is 34.7 Å². The van der Waals surface area contributed by atoms with E-state index in [0.717, 1.165) is 12.8 Å². The van der Waals surface area contributed by atoms with Crippen LogP contribution in [0.4, 0.5) is 20.7 Å². The molecule has 1 heterocycles. The van der Waals surface area contributed by atoms with Crippen molar-refractivity contribution in [3.05, 3.63) is 53.5 Å². The van der Waals surface area contributed by atoms with Crippen molar-refractivity contribution in [1.29, 1.82) is 5.41 Å². The van der Waals surface area contributed by atoms with Crippen LogP contribution in [0.3, 0.4) is 0 Å². The minimum atomic E-state index is -0.366. The number of nitrogens with one attached hydrogen (secondary N) is 3. The van der Waals surface area contributed by atoms with Gasteiger partial charge in [0.05, 0.1) is 5.71 Å². The van der Waals surface area contributed by atoms with Crippen LogP contribution < -0.4 is 16.4 Å². The number of pyridine rings is 1. The van der Waals surface area contributed by atoms with Gasteiger partial charge in [0, 0.05) is 39.9 Å². The number of hydrogen-bond acceptors (Lipinski definition) is 4. The molecule has 6 nitrogen and oxygen atoms in total. The summed E-state index contributed by atoms with van der Waals surface area (Å²) in [4.78, 5) is 16.0. The zero-order valence-corrected chi connectivity index (χ0v) is 13.7. The van der Waals surface area contributed by atoms with Crippen LogP contribution >= 0.6 is 0 Å². The molecule has 0 bridgehead atoms. The van der Waals surface area contributed by atoms with E-state index in [4.69, 9.17) is 11.1 Å². The minimum Gasteiger partial charge on any atom is -0.398 e. The fourth-order valence-electron chi connectivity index (χ4n) is 2.61. The fourth-order valence-corrected chi connectivity index (χ4v) is 2.61. The number of carbonyl (C=O) groups is 1. The maximum absolute atomic E-state index is 13.0. The van der Waals surface area contributed by atoms with E-state index in [2.05, 4.69) is 15.6 Å². The topological polar surface area (TPSA) is 104 Å². The summed E-state index contributed by atoms with van der Waals surface area (Å²) in [5.74, 6) is 0.525. The maximum atomic E-state index is 13.0. The first-order valence-corrected chi connectivity index (χ1v) is 8.18. The number of benzene rings is 1. The summed E-state index contributed by atoms with van der Waals surface area (Å²) < 4.78 is 13.0. The minimum absolute atomic E-state index is 0. The molecule has 25 heavy (non-hydrogen) atoms. The number of aromatic nitrogens is 1. The van der Waals surface area contributed by atoms with Crippen molar-refractivity contribution in [3.63, 3.8) is 0 Å². The highest BCUT2D eigenvalue weighted by atomic mass is 19.1. The Kier molecular flexibility index (Phi) is 4.92. The van der Waals surface area contributed by atoms with Crippen LogP contribution in [0.2, 0.25) is 0 Å². The average molecular weight is 347 g/mol. The van der Waals surface area contributed by atoms with Crippen LogP contribution in [0.25, 0.3) is 0 Å². The molecule has 0 aliphatic heterocycles. The van der Waals surface area contributed by atoms with Gasteiger partial charge in [-0.2, -0.15) is 0 Å². The maximum Gasteiger partial charge on any atom is 0.320 e. The highest BCUT2D eigenvalue weighted by molar-refractivity contribution is 6.13. The first-order chi connectivity index (χ1) is 12.0. The molecule has 0 radical (unpaired) electrons. The molecule has 1 aliphatic rings. The number of nitrogens with zero attached hydrogens (tertiary/aromatic N) is 1. The Hall–Kier alpha value is -2.96. The lowest BCUT2D eigenvalue weighted by Gasteiger charge is -2.25. The van der Waals surface area contributed by atoms with Gasteiger partial charge in [0.1, 0.15) is 11.6 Å². The Balaban J connectivity index is 0.00000243. The molecule has 2 amide bonds. The van der Waals surface area contributed by atoms with E-state index in [1.165, 1.54) is 42.9 Å². The number of nitrogens with two attached hydrogens (primary N) is 1. The number of amides is 2. The Morgan fingerprint density at radius 1 is 1.36 bits per heavy atom. The van der Waals surface area contributed by atoms with Gasteiger partial charge in [0.15, 0.2) is 0 Å². The summed E-state index contributed by atoms with van der Waals surface area (Å²) in [6.45, 7) is 0.661. The fraction of sp³-hybridized carbons (Fsp3) is 0.278. The lowest BCUT2D eigenvalue weighted by atomic mass is 9.85. The summed E-state index contributed by atoms with van der Waals surface area (Å²) in [6, 6.07) is 6.79. The molecular formula is C18H26FN5O. The van der Waals surface area contributed by atoms with Gasteiger partial charge in [-0.3, -0.25) is 10.7 Å². The molecule has 1 aliphatic carbocycles. The number of halogens is 1. The van der Waals surface area contributed by atoms with Crippen molar-refractivity contribution < 1.29 is 13.5 Å². The third kappa shape index (κ3) is 4.12. The van der Waals surface area contributed by atoms with Crippen LogP contribution in [0, 0.1) is 17.1 Å². The molecule has 136 valence electrons. The Morgan fingerprint density at radius 2 is 2.08 bits per heavy atom. The van der Waals surface area contributed by atoms with Crippen molar-refractivity contribution in [3.8, 4) is 0 Å². The highest BCUT2D eigenvalue weighted by Gasteiger charge is 2.18. The van der Waals surface area contributed by atoms with Gasteiger partial charge >= 0.3 is 6.03 Å².